The number of methoxy groups -OCH3 is 2. The van der Waals surface area contributed by atoms with Crippen LogP contribution in [0, 0.1) is 0 Å². The van der Waals surface area contributed by atoms with Gasteiger partial charge in [-0.15, -0.1) is 0 Å². The van der Waals surface area contributed by atoms with E-state index in [9.17, 15) is 4.57 Å². The Hall–Kier alpha value is 0.0300. The first-order chi connectivity index (χ1) is 7.05. The lowest BCUT2D eigenvalue weighted by Crippen LogP contribution is -2.38. The van der Waals surface area contributed by atoms with Crippen molar-refractivity contribution in [2.45, 2.75) is 25.9 Å². The second-order valence-electron chi connectivity index (χ2n) is 2.71. The summed E-state index contributed by atoms with van der Waals surface area (Å²) >= 11 is 0. The standard InChI is InChI=1S/C8H20NO5P/c1-5-13-15(10,14-6-2)7(9)8(11-3)12-4/h7-8H,5-6,9H2,1-4H3. The normalized spacial score (nSPS) is 14.5. The fourth-order valence-electron chi connectivity index (χ4n) is 1.09. The Balaban J connectivity index is 4.66. The minimum Gasteiger partial charge on any atom is -0.354 e. The molecule has 0 heterocycles. The van der Waals surface area contributed by atoms with Gasteiger partial charge in [0.2, 0.25) is 0 Å². The van der Waals surface area contributed by atoms with Crippen molar-refractivity contribution in [3.63, 3.8) is 0 Å². The first-order valence-corrected chi connectivity index (χ1v) is 6.36. The molecule has 0 aromatic rings. The van der Waals surface area contributed by atoms with Crippen LogP contribution in [0.25, 0.3) is 0 Å². The van der Waals surface area contributed by atoms with E-state index in [2.05, 4.69) is 0 Å². The molecule has 2 N–H and O–H groups in total. The average molecular weight is 241 g/mol. The Morgan fingerprint density at radius 2 is 1.53 bits per heavy atom. The molecule has 0 rings (SSSR count). The summed E-state index contributed by atoms with van der Waals surface area (Å²) in [4.78, 5) is 0. The summed E-state index contributed by atoms with van der Waals surface area (Å²) < 4.78 is 32.1. The second kappa shape index (κ2) is 7.33. The van der Waals surface area contributed by atoms with E-state index >= 15 is 0 Å². The van der Waals surface area contributed by atoms with Crippen molar-refractivity contribution in [1.29, 1.82) is 0 Å². The predicted molar refractivity (Wildman–Crippen MR) is 56.6 cm³/mol. The van der Waals surface area contributed by atoms with Crippen molar-refractivity contribution in [1.82, 2.24) is 0 Å². The highest BCUT2D eigenvalue weighted by atomic mass is 31.2. The molecule has 0 fully saturated rings. The summed E-state index contributed by atoms with van der Waals surface area (Å²) in [5.41, 5.74) is 5.73. The maximum Gasteiger partial charge on any atom is 0.352 e. The Kier molecular flexibility index (Phi) is 7.34. The number of rotatable bonds is 8. The van der Waals surface area contributed by atoms with Gasteiger partial charge in [0.25, 0.3) is 0 Å². The van der Waals surface area contributed by atoms with E-state index < -0.39 is 19.7 Å². The van der Waals surface area contributed by atoms with E-state index in [1.54, 1.807) is 13.8 Å². The molecule has 0 saturated heterocycles. The lowest BCUT2D eigenvalue weighted by atomic mass is 10.6. The molecule has 0 bridgehead atoms. The molecule has 0 aliphatic heterocycles. The van der Waals surface area contributed by atoms with Crippen LogP contribution in [0.2, 0.25) is 0 Å². The topological polar surface area (TPSA) is 80.0 Å². The summed E-state index contributed by atoms with van der Waals surface area (Å²) in [7, 11) is -0.546. The molecular weight excluding hydrogens is 221 g/mol. The van der Waals surface area contributed by atoms with Crippen molar-refractivity contribution in [2.75, 3.05) is 27.4 Å². The van der Waals surface area contributed by atoms with Crippen LogP contribution in [0.4, 0.5) is 0 Å². The zero-order valence-electron chi connectivity index (χ0n) is 9.63. The lowest BCUT2D eigenvalue weighted by Gasteiger charge is -2.27. The summed E-state index contributed by atoms with van der Waals surface area (Å²) in [5, 5.41) is 0. The number of ether oxygens (including phenoxy) is 2. The molecule has 1 unspecified atom stereocenters. The third-order valence-electron chi connectivity index (χ3n) is 1.73. The molecule has 0 radical (unpaired) electrons. The molecule has 0 saturated carbocycles. The summed E-state index contributed by atoms with van der Waals surface area (Å²) in [6, 6.07) is 0. The lowest BCUT2D eigenvalue weighted by molar-refractivity contribution is -0.106. The molecule has 0 aliphatic rings. The smallest absolute Gasteiger partial charge is 0.352 e. The molecule has 15 heavy (non-hydrogen) atoms. The zero-order chi connectivity index (χ0) is 11.9. The van der Waals surface area contributed by atoms with Gasteiger partial charge in [-0.2, -0.15) is 0 Å². The van der Waals surface area contributed by atoms with E-state index in [1.807, 2.05) is 0 Å². The van der Waals surface area contributed by atoms with E-state index in [4.69, 9.17) is 24.3 Å². The molecule has 1 atom stereocenters. The van der Waals surface area contributed by atoms with Gasteiger partial charge in [-0.3, -0.25) is 4.57 Å². The van der Waals surface area contributed by atoms with Crippen molar-refractivity contribution in [3.8, 4) is 0 Å². The van der Waals surface area contributed by atoms with Crippen LogP contribution in [-0.2, 0) is 23.1 Å². The molecule has 0 aromatic heterocycles. The van der Waals surface area contributed by atoms with Crippen LogP contribution >= 0.6 is 7.60 Å². The number of hydrogen-bond acceptors (Lipinski definition) is 6. The van der Waals surface area contributed by atoms with E-state index in [1.165, 1.54) is 14.2 Å². The SMILES string of the molecule is CCOP(=O)(OCC)C(N)C(OC)OC. The average Bonchev–Trinajstić information content (AvgIpc) is 2.20. The van der Waals surface area contributed by atoms with Crippen LogP contribution in [0.5, 0.6) is 0 Å². The van der Waals surface area contributed by atoms with Gasteiger partial charge in [0.1, 0.15) is 0 Å². The number of hydrogen-bond donors (Lipinski definition) is 1. The van der Waals surface area contributed by atoms with Crippen LogP contribution < -0.4 is 5.73 Å². The molecule has 0 spiro atoms. The Morgan fingerprint density at radius 1 is 1.13 bits per heavy atom. The summed E-state index contributed by atoms with van der Waals surface area (Å²) in [6.45, 7) is 3.94. The fraction of sp³-hybridized carbons (Fsp3) is 1.00. The predicted octanol–water partition coefficient (Wildman–Crippen LogP) is 1.16. The van der Waals surface area contributed by atoms with E-state index in [0.717, 1.165) is 0 Å². The Morgan fingerprint density at radius 3 is 1.80 bits per heavy atom. The van der Waals surface area contributed by atoms with Gasteiger partial charge in [0.05, 0.1) is 13.2 Å². The quantitative estimate of drug-likeness (QED) is 0.507. The minimum absolute atomic E-state index is 0.255. The van der Waals surface area contributed by atoms with Gasteiger partial charge in [0.15, 0.2) is 12.1 Å². The van der Waals surface area contributed by atoms with Gasteiger partial charge in [-0.1, -0.05) is 0 Å². The number of nitrogens with two attached hydrogens (primary N) is 1. The molecule has 0 aliphatic carbocycles. The van der Waals surface area contributed by atoms with Gasteiger partial charge < -0.3 is 24.3 Å². The summed E-state index contributed by atoms with van der Waals surface area (Å²) in [6.07, 6.45) is -0.811. The largest absolute Gasteiger partial charge is 0.354 e. The molecule has 0 aromatic carbocycles. The third-order valence-corrected chi connectivity index (χ3v) is 3.94. The van der Waals surface area contributed by atoms with Crippen LogP contribution in [0.1, 0.15) is 13.8 Å². The monoisotopic (exact) mass is 241 g/mol. The van der Waals surface area contributed by atoms with Crippen LogP contribution in [0.15, 0.2) is 0 Å². The van der Waals surface area contributed by atoms with Crippen molar-refractivity contribution < 1.29 is 23.1 Å². The zero-order valence-corrected chi connectivity index (χ0v) is 10.5. The highest BCUT2D eigenvalue weighted by molar-refractivity contribution is 7.54. The van der Waals surface area contributed by atoms with Gasteiger partial charge in [-0.25, -0.2) is 0 Å². The molecule has 92 valence electrons. The Bertz CT molecular complexity index is 199. The second-order valence-corrected chi connectivity index (χ2v) is 4.90. The first kappa shape index (κ1) is 15.0. The molecule has 0 amide bonds. The third kappa shape index (κ3) is 4.18. The van der Waals surface area contributed by atoms with Crippen LogP contribution in [0.3, 0.4) is 0 Å². The van der Waals surface area contributed by atoms with Crippen LogP contribution in [-0.4, -0.2) is 39.5 Å². The molecule has 6 nitrogen and oxygen atoms in total. The van der Waals surface area contributed by atoms with E-state index in [-0.39, 0.29) is 13.2 Å². The van der Waals surface area contributed by atoms with Crippen molar-refractivity contribution in [2.24, 2.45) is 5.73 Å². The van der Waals surface area contributed by atoms with Gasteiger partial charge in [-0.05, 0) is 13.8 Å². The highest BCUT2D eigenvalue weighted by Crippen LogP contribution is 2.52. The molecular formula is C8H20NO5P. The van der Waals surface area contributed by atoms with E-state index in [0.29, 0.717) is 0 Å². The Labute approximate surface area is 90.6 Å². The van der Waals surface area contributed by atoms with Crippen molar-refractivity contribution >= 4 is 7.60 Å². The first-order valence-electron chi connectivity index (χ1n) is 4.75. The maximum atomic E-state index is 12.1. The maximum absolute atomic E-state index is 12.1. The fourth-order valence-corrected chi connectivity index (χ4v) is 2.77. The highest BCUT2D eigenvalue weighted by Gasteiger charge is 2.39. The minimum atomic E-state index is -3.37. The van der Waals surface area contributed by atoms with Crippen molar-refractivity contribution in [3.05, 3.63) is 0 Å². The summed E-state index contributed by atoms with van der Waals surface area (Å²) in [5.74, 6) is -0.951. The van der Waals surface area contributed by atoms with Gasteiger partial charge >= 0.3 is 7.60 Å². The molecule has 7 heteroatoms. The van der Waals surface area contributed by atoms with Gasteiger partial charge in [0, 0.05) is 14.2 Å².